The number of carbonyl (C=O) groups is 1. The number of benzene rings is 2. The van der Waals surface area contributed by atoms with Crippen molar-refractivity contribution < 1.29 is 4.79 Å². The summed E-state index contributed by atoms with van der Waals surface area (Å²) in [6.07, 6.45) is 0. The van der Waals surface area contributed by atoms with Gasteiger partial charge in [-0.05, 0) is 48.4 Å². The number of amides is 1. The van der Waals surface area contributed by atoms with Crippen molar-refractivity contribution in [1.29, 1.82) is 0 Å². The molecule has 2 aromatic rings. The Balaban J connectivity index is 2.03. The molecule has 0 aliphatic rings. The Bertz CT molecular complexity index is 586. The minimum absolute atomic E-state index is 0.0772. The number of carbonyl (C=O) groups excluding carboxylic acids is 1. The van der Waals surface area contributed by atoms with Crippen LogP contribution in [0.3, 0.4) is 0 Å². The zero-order valence-corrected chi connectivity index (χ0v) is 12.8. The van der Waals surface area contributed by atoms with Crippen LogP contribution >= 0.6 is 0 Å². The second-order valence-corrected chi connectivity index (χ2v) is 5.46. The Morgan fingerprint density at radius 3 is 2.14 bits per heavy atom. The summed E-state index contributed by atoms with van der Waals surface area (Å²) in [7, 11) is 1.91. The van der Waals surface area contributed by atoms with Crippen molar-refractivity contribution >= 4 is 11.6 Å². The zero-order chi connectivity index (χ0) is 15.2. The largest absolute Gasteiger partial charge is 0.322 e. The molecule has 2 N–H and O–H groups in total. The second kappa shape index (κ2) is 7.04. The summed E-state index contributed by atoms with van der Waals surface area (Å²) < 4.78 is 0. The maximum Gasteiger partial charge on any atom is 0.255 e. The number of anilines is 1. The first-order valence-corrected chi connectivity index (χ1v) is 7.25. The molecule has 0 fully saturated rings. The lowest BCUT2D eigenvalue weighted by Crippen LogP contribution is -2.12. The molecular weight excluding hydrogens is 260 g/mol. The van der Waals surface area contributed by atoms with Crippen LogP contribution in [0.1, 0.15) is 41.3 Å². The molecule has 0 radical (unpaired) electrons. The van der Waals surface area contributed by atoms with Crippen LogP contribution < -0.4 is 10.6 Å². The van der Waals surface area contributed by atoms with Crippen LogP contribution in [-0.2, 0) is 6.54 Å². The standard InChI is InChI=1S/C18H22N2O/c1-13(2)15-6-8-16(9-7-15)18(21)20-17-10-4-14(5-11-17)12-19-3/h4-11,13,19H,12H2,1-3H3,(H,20,21). The van der Waals surface area contributed by atoms with Gasteiger partial charge in [0.2, 0.25) is 0 Å². The Morgan fingerprint density at radius 2 is 1.62 bits per heavy atom. The molecule has 3 nitrogen and oxygen atoms in total. The van der Waals surface area contributed by atoms with Gasteiger partial charge in [0.1, 0.15) is 0 Å². The maximum absolute atomic E-state index is 12.2. The Hall–Kier alpha value is -2.13. The molecule has 1 amide bonds. The van der Waals surface area contributed by atoms with E-state index >= 15 is 0 Å². The minimum atomic E-state index is -0.0772. The van der Waals surface area contributed by atoms with Crippen LogP contribution in [-0.4, -0.2) is 13.0 Å². The van der Waals surface area contributed by atoms with Gasteiger partial charge in [-0.25, -0.2) is 0 Å². The maximum atomic E-state index is 12.2. The van der Waals surface area contributed by atoms with E-state index in [1.165, 1.54) is 11.1 Å². The van der Waals surface area contributed by atoms with Crippen molar-refractivity contribution in [3.63, 3.8) is 0 Å². The third-order valence-electron chi connectivity index (χ3n) is 3.43. The summed E-state index contributed by atoms with van der Waals surface area (Å²) in [4.78, 5) is 12.2. The summed E-state index contributed by atoms with van der Waals surface area (Å²) in [6, 6.07) is 15.6. The molecule has 2 rings (SSSR count). The number of hydrogen-bond acceptors (Lipinski definition) is 2. The molecule has 3 heteroatoms. The molecule has 0 aliphatic carbocycles. The average molecular weight is 282 g/mol. The van der Waals surface area contributed by atoms with Gasteiger partial charge in [-0.2, -0.15) is 0 Å². The van der Waals surface area contributed by atoms with Crippen molar-refractivity contribution in [2.24, 2.45) is 0 Å². The van der Waals surface area contributed by atoms with Gasteiger partial charge in [0.05, 0.1) is 0 Å². The van der Waals surface area contributed by atoms with E-state index < -0.39 is 0 Å². The topological polar surface area (TPSA) is 41.1 Å². The molecule has 0 saturated carbocycles. The summed E-state index contributed by atoms with van der Waals surface area (Å²) in [6.45, 7) is 5.11. The quantitative estimate of drug-likeness (QED) is 0.876. The van der Waals surface area contributed by atoms with Crippen LogP contribution in [0.25, 0.3) is 0 Å². The molecule has 0 saturated heterocycles. The van der Waals surface area contributed by atoms with E-state index in [4.69, 9.17) is 0 Å². The first-order valence-electron chi connectivity index (χ1n) is 7.25. The summed E-state index contributed by atoms with van der Waals surface area (Å²) >= 11 is 0. The van der Waals surface area contributed by atoms with Crippen molar-refractivity contribution in [3.8, 4) is 0 Å². The zero-order valence-electron chi connectivity index (χ0n) is 12.8. The molecule has 0 bridgehead atoms. The first kappa shape index (κ1) is 15.3. The fraction of sp³-hybridized carbons (Fsp3) is 0.278. The molecule has 0 aromatic heterocycles. The third-order valence-corrected chi connectivity index (χ3v) is 3.43. The predicted octanol–water partition coefficient (Wildman–Crippen LogP) is 3.78. The molecule has 0 unspecified atom stereocenters. The van der Waals surface area contributed by atoms with E-state index in [1.807, 2.05) is 55.6 Å². The van der Waals surface area contributed by atoms with E-state index in [0.717, 1.165) is 12.2 Å². The lowest BCUT2D eigenvalue weighted by molar-refractivity contribution is 0.102. The molecule has 0 atom stereocenters. The van der Waals surface area contributed by atoms with Crippen molar-refractivity contribution in [3.05, 3.63) is 65.2 Å². The summed E-state index contributed by atoms with van der Waals surface area (Å²) in [5.41, 5.74) is 3.92. The van der Waals surface area contributed by atoms with Gasteiger partial charge in [-0.3, -0.25) is 4.79 Å². The molecule has 2 aromatic carbocycles. The number of rotatable bonds is 5. The van der Waals surface area contributed by atoms with Gasteiger partial charge >= 0.3 is 0 Å². The fourth-order valence-electron chi connectivity index (χ4n) is 2.13. The first-order chi connectivity index (χ1) is 10.1. The van der Waals surface area contributed by atoms with Crippen LogP contribution in [0.4, 0.5) is 5.69 Å². The second-order valence-electron chi connectivity index (χ2n) is 5.46. The highest BCUT2D eigenvalue weighted by atomic mass is 16.1. The van der Waals surface area contributed by atoms with Gasteiger partial charge < -0.3 is 10.6 Å². The van der Waals surface area contributed by atoms with Gasteiger partial charge in [0, 0.05) is 17.8 Å². The summed E-state index contributed by atoms with van der Waals surface area (Å²) in [5, 5.41) is 6.01. The molecule has 0 heterocycles. The number of hydrogen-bond donors (Lipinski definition) is 2. The van der Waals surface area contributed by atoms with Crippen molar-refractivity contribution in [2.45, 2.75) is 26.3 Å². The van der Waals surface area contributed by atoms with Crippen molar-refractivity contribution in [2.75, 3.05) is 12.4 Å². The highest BCUT2D eigenvalue weighted by Gasteiger charge is 2.07. The van der Waals surface area contributed by atoms with Crippen LogP contribution in [0.2, 0.25) is 0 Å². The van der Waals surface area contributed by atoms with Crippen LogP contribution in [0.15, 0.2) is 48.5 Å². The molecular formula is C18H22N2O. The van der Waals surface area contributed by atoms with Crippen LogP contribution in [0.5, 0.6) is 0 Å². The van der Waals surface area contributed by atoms with Crippen molar-refractivity contribution in [1.82, 2.24) is 5.32 Å². The monoisotopic (exact) mass is 282 g/mol. The van der Waals surface area contributed by atoms with E-state index in [2.05, 4.69) is 24.5 Å². The van der Waals surface area contributed by atoms with E-state index in [-0.39, 0.29) is 5.91 Å². The van der Waals surface area contributed by atoms with Crippen LogP contribution in [0, 0.1) is 0 Å². The van der Waals surface area contributed by atoms with Gasteiger partial charge in [-0.15, -0.1) is 0 Å². The van der Waals surface area contributed by atoms with E-state index in [0.29, 0.717) is 11.5 Å². The molecule has 0 spiro atoms. The van der Waals surface area contributed by atoms with Gasteiger partial charge in [0.25, 0.3) is 5.91 Å². The summed E-state index contributed by atoms with van der Waals surface area (Å²) in [5.74, 6) is 0.397. The van der Waals surface area contributed by atoms with E-state index in [9.17, 15) is 4.79 Å². The Kier molecular flexibility index (Phi) is 5.12. The molecule has 0 aliphatic heterocycles. The molecule has 21 heavy (non-hydrogen) atoms. The lowest BCUT2D eigenvalue weighted by atomic mass is 10.0. The minimum Gasteiger partial charge on any atom is -0.322 e. The van der Waals surface area contributed by atoms with E-state index in [1.54, 1.807) is 0 Å². The third kappa shape index (κ3) is 4.17. The molecule has 110 valence electrons. The average Bonchev–Trinajstić information content (AvgIpc) is 2.49. The van der Waals surface area contributed by atoms with Gasteiger partial charge in [0.15, 0.2) is 0 Å². The Labute approximate surface area is 126 Å². The lowest BCUT2D eigenvalue weighted by Gasteiger charge is -2.08. The Morgan fingerprint density at radius 1 is 1.00 bits per heavy atom. The van der Waals surface area contributed by atoms with Gasteiger partial charge in [-0.1, -0.05) is 38.1 Å². The highest BCUT2D eigenvalue weighted by molar-refractivity contribution is 6.04. The smallest absolute Gasteiger partial charge is 0.255 e. The highest BCUT2D eigenvalue weighted by Crippen LogP contribution is 2.16. The number of nitrogens with one attached hydrogen (secondary N) is 2. The normalized spacial score (nSPS) is 10.7. The SMILES string of the molecule is CNCc1ccc(NC(=O)c2ccc(C(C)C)cc2)cc1. The fourth-order valence-corrected chi connectivity index (χ4v) is 2.13. The predicted molar refractivity (Wildman–Crippen MR) is 87.7 cm³/mol.